The molecule has 2 rings (SSSR count). The van der Waals surface area contributed by atoms with Gasteiger partial charge in [-0.2, -0.15) is 0 Å². The molecule has 20 heavy (non-hydrogen) atoms. The van der Waals surface area contributed by atoms with Crippen molar-refractivity contribution in [3.05, 3.63) is 35.9 Å². The monoisotopic (exact) mass is 274 g/mol. The summed E-state index contributed by atoms with van der Waals surface area (Å²) in [6.07, 6.45) is 2.58. The van der Waals surface area contributed by atoms with Gasteiger partial charge in [-0.25, -0.2) is 0 Å². The average molecular weight is 274 g/mol. The Labute approximate surface area is 124 Å². The Morgan fingerprint density at radius 2 is 1.95 bits per heavy atom. The predicted octanol–water partition coefficient (Wildman–Crippen LogP) is 3.85. The third-order valence-electron chi connectivity index (χ3n) is 4.74. The maximum Gasteiger partial charge on any atom is 0.0476 e. The molecule has 0 radical (unpaired) electrons. The molecule has 1 aliphatic rings. The van der Waals surface area contributed by atoms with Crippen LogP contribution in [0, 0.1) is 5.92 Å². The van der Waals surface area contributed by atoms with Crippen LogP contribution in [0.3, 0.4) is 0 Å². The average Bonchev–Trinajstić information content (AvgIpc) is 2.47. The molecule has 0 amide bonds. The van der Waals surface area contributed by atoms with Crippen LogP contribution in [-0.4, -0.2) is 30.1 Å². The Hall–Kier alpha value is -0.860. The first-order valence-corrected chi connectivity index (χ1v) is 8.15. The minimum atomic E-state index is 0.520. The number of benzene rings is 1. The van der Waals surface area contributed by atoms with Crippen molar-refractivity contribution in [3.8, 4) is 0 Å². The second-order valence-electron chi connectivity index (χ2n) is 6.53. The van der Waals surface area contributed by atoms with E-state index in [2.05, 4.69) is 68.2 Å². The molecule has 0 aliphatic carbocycles. The van der Waals surface area contributed by atoms with Gasteiger partial charge < -0.3 is 5.32 Å². The number of hydrogen-bond acceptors (Lipinski definition) is 2. The molecule has 2 heteroatoms. The number of nitrogens with zero attached hydrogens (tertiary/aromatic N) is 1. The van der Waals surface area contributed by atoms with E-state index in [0.717, 1.165) is 19.0 Å². The zero-order valence-corrected chi connectivity index (χ0v) is 13.5. The van der Waals surface area contributed by atoms with Crippen molar-refractivity contribution in [2.75, 3.05) is 13.1 Å². The van der Waals surface area contributed by atoms with Gasteiger partial charge in [0.05, 0.1) is 0 Å². The van der Waals surface area contributed by atoms with Crippen LogP contribution in [-0.2, 0) is 0 Å². The van der Waals surface area contributed by atoms with Crippen LogP contribution in [0.1, 0.15) is 52.1 Å². The summed E-state index contributed by atoms with van der Waals surface area (Å²) < 4.78 is 0. The Morgan fingerprint density at radius 1 is 1.25 bits per heavy atom. The highest BCUT2D eigenvalue weighted by atomic mass is 15.2. The van der Waals surface area contributed by atoms with Gasteiger partial charge >= 0.3 is 0 Å². The van der Waals surface area contributed by atoms with Crippen molar-refractivity contribution in [2.45, 2.75) is 58.7 Å². The van der Waals surface area contributed by atoms with Crippen molar-refractivity contribution in [2.24, 2.45) is 5.92 Å². The topological polar surface area (TPSA) is 15.3 Å². The molecule has 112 valence electrons. The molecule has 1 aromatic carbocycles. The summed E-state index contributed by atoms with van der Waals surface area (Å²) in [5.41, 5.74) is 1.45. The highest BCUT2D eigenvalue weighted by molar-refractivity contribution is 5.20. The summed E-state index contributed by atoms with van der Waals surface area (Å²) in [6, 6.07) is 12.7. The Bertz CT molecular complexity index is 390. The van der Waals surface area contributed by atoms with Gasteiger partial charge in [-0.1, -0.05) is 50.6 Å². The molecule has 1 saturated heterocycles. The zero-order chi connectivity index (χ0) is 14.5. The first kappa shape index (κ1) is 15.5. The summed E-state index contributed by atoms with van der Waals surface area (Å²) >= 11 is 0. The molecule has 1 N–H and O–H groups in total. The smallest absolute Gasteiger partial charge is 0.0476 e. The van der Waals surface area contributed by atoms with Gasteiger partial charge in [0.15, 0.2) is 0 Å². The van der Waals surface area contributed by atoms with Crippen LogP contribution in [0.25, 0.3) is 0 Å². The van der Waals surface area contributed by atoms with Crippen LogP contribution in [0.4, 0.5) is 0 Å². The van der Waals surface area contributed by atoms with Crippen molar-refractivity contribution in [3.63, 3.8) is 0 Å². The van der Waals surface area contributed by atoms with Gasteiger partial charge in [0.1, 0.15) is 0 Å². The summed E-state index contributed by atoms with van der Waals surface area (Å²) in [4.78, 5) is 2.71. The zero-order valence-electron chi connectivity index (χ0n) is 13.5. The fraction of sp³-hybridized carbons (Fsp3) is 0.667. The highest BCUT2D eigenvalue weighted by Gasteiger charge is 2.30. The lowest BCUT2D eigenvalue weighted by Gasteiger charge is -2.43. The molecular formula is C18H30N2. The highest BCUT2D eigenvalue weighted by Crippen LogP contribution is 2.28. The van der Waals surface area contributed by atoms with E-state index in [4.69, 9.17) is 0 Å². The number of piperazine rings is 1. The van der Waals surface area contributed by atoms with Gasteiger partial charge in [0.25, 0.3) is 0 Å². The quantitative estimate of drug-likeness (QED) is 0.877. The van der Waals surface area contributed by atoms with Crippen molar-refractivity contribution in [1.82, 2.24) is 10.2 Å². The van der Waals surface area contributed by atoms with Crippen molar-refractivity contribution < 1.29 is 0 Å². The molecule has 0 bridgehead atoms. The lowest BCUT2D eigenvalue weighted by Crippen LogP contribution is -2.54. The minimum Gasteiger partial charge on any atom is -0.311 e. The standard InChI is InChI=1S/C18H30N2/c1-5-14(2)11-16(4)20-13-15(3)19-12-18(20)17-9-7-6-8-10-17/h6-10,14-16,18-19H,5,11-13H2,1-4H3. The Morgan fingerprint density at radius 3 is 2.60 bits per heavy atom. The number of rotatable bonds is 5. The SMILES string of the molecule is CCC(C)CC(C)N1CC(C)NCC1c1ccccc1. The summed E-state index contributed by atoms with van der Waals surface area (Å²) in [5, 5.41) is 3.64. The molecule has 1 aliphatic heterocycles. The Balaban J connectivity index is 2.12. The van der Waals surface area contributed by atoms with Gasteiger partial charge in [0.2, 0.25) is 0 Å². The Kier molecular flexibility index (Phi) is 5.62. The van der Waals surface area contributed by atoms with Crippen LogP contribution in [0.2, 0.25) is 0 Å². The van der Waals surface area contributed by atoms with E-state index in [-0.39, 0.29) is 0 Å². The molecule has 0 saturated carbocycles. The van der Waals surface area contributed by atoms with Gasteiger partial charge in [-0.3, -0.25) is 4.90 Å². The molecule has 0 spiro atoms. The van der Waals surface area contributed by atoms with E-state index in [0.29, 0.717) is 18.1 Å². The lowest BCUT2D eigenvalue weighted by atomic mass is 9.94. The normalized spacial score (nSPS) is 27.2. The van der Waals surface area contributed by atoms with Gasteiger partial charge in [0, 0.05) is 31.2 Å². The van der Waals surface area contributed by atoms with E-state index < -0.39 is 0 Å². The third-order valence-corrected chi connectivity index (χ3v) is 4.74. The molecule has 1 fully saturated rings. The second kappa shape index (κ2) is 7.24. The molecule has 4 atom stereocenters. The van der Waals surface area contributed by atoms with Crippen LogP contribution in [0.15, 0.2) is 30.3 Å². The van der Waals surface area contributed by atoms with Crippen LogP contribution in [0.5, 0.6) is 0 Å². The summed E-state index contributed by atoms with van der Waals surface area (Å²) in [7, 11) is 0. The first-order chi connectivity index (χ1) is 9.61. The molecule has 1 heterocycles. The molecule has 0 aromatic heterocycles. The fourth-order valence-corrected chi connectivity index (χ4v) is 3.29. The fourth-order valence-electron chi connectivity index (χ4n) is 3.29. The summed E-state index contributed by atoms with van der Waals surface area (Å²) in [5.74, 6) is 0.812. The maximum atomic E-state index is 3.64. The summed E-state index contributed by atoms with van der Waals surface area (Å²) in [6.45, 7) is 11.6. The van der Waals surface area contributed by atoms with E-state index in [1.54, 1.807) is 0 Å². The van der Waals surface area contributed by atoms with E-state index in [1.165, 1.54) is 18.4 Å². The van der Waals surface area contributed by atoms with E-state index in [1.807, 2.05) is 0 Å². The molecule has 4 unspecified atom stereocenters. The van der Waals surface area contributed by atoms with Gasteiger partial charge in [-0.05, 0) is 31.7 Å². The van der Waals surface area contributed by atoms with Crippen LogP contribution < -0.4 is 5.32 Å². The maximum absolute atomic E-state index is 3.64. The largest absolute Gasteiger partial charge is 0.311 e. The number of nitrogens with one attached hydrogen (secondary N) is 1. The lowest BCUT2D eigenvalue weighted by molar-refractivity contribution is 0.0807. The third kappa shape index (κ3) is 3.83. The minimum absolute atomic E-state index is 0.520. The molecule has 1 aromatic rings. The second-order valence-corrected chi connectivity index (χ2v) is 6.53. The van der Waals surface area contributed by atoms with Gasteiger partial charge in [-0.15, -0.1) is 0 Å². The number of hydrogen-bond donors (Lipinski definition) is 1. The van der Waals surface area contributed by atoms with Crippen LogP contribution >= 0.6 is 0 Å². The molecular weight excluding hydrogens is 244 g/mol. The molecule has 2 nitrogen and oxygen atoms in total. The predicted molar refractivity (Wildman–Crippen MR) is 86.9 cm³/mol. The first-order valence-electron chi connectivity index (χ1n) is 8.15. The van der Waals surface area contributed by atoms with E-state index in [9.17, 15) is 0 Å². The van der Waals surface area contributed by atoms with Crippen molar-refractivity contribution in [1.29, 1.82) is 0 Å². The van der Waals surface area contributed by atoms with E-state index >= 15 is 0 Å². The van der Waals surface area contributed by atoms with Crippen molar-refractivity contribution >= 4 is 0 Å².